The van der Waals surface area contributed by atoms with E-state index in [9.17, 15) is 4.79 Å². The van der Waals surface area contributed by atoms with Gasteiger partial charge in [0.15, 0.2) is 0 Å². The lowest BCUT2D eigenvalue weighted by molar-refractivity contribution is -0.131. The molecule has 3 unspecified atom stereocenters. The van der Waals surface area contributed by atoms with Crippen molar-refractivity contribution in [1.82, 2.24) is 5.32 Å². The SMILES string of the molecule is CC1(C(=O)NC2CC=CCC2)CCCC1N. The van der Waals surface area contributed by atoms with Crippen LogP contribution in [0.2, 0.25) is 0 Å². The number of carbonyl (C=O) groups is 1. The summed E-state index contributed by atoms with van der Waals surface area (Å²) < 4.78 is 0. The predicted molar refractivity (Wildman–Crippen MR) is 64.9 cm³/mol. The van der Waals surface area contributed by atoms with Crippen molar-refractivity contribution in [1.29, 1.82) is 0 Å². The van der Waals surface area contributed by atoms with Gasteiger partial charge in [0.05, 0.1) is 5.41 Å². The van der Waals surface area contributed by atoms with Gasteiger partial charge in [-0.25, -0.2) is 0 Å². The maximum Gasteiger partial charge on any atom is 0.227 e. The summed E-state index contributed by atoms with van der Waals surface area (Å²) in [5.74, 6) is 0.165. The van der Waals surface area contributed by atoms with E-state index in [0.717, 1.165) is 38.5 Å². The maximum atomic E-state index is 12.2. The number of amides is 1. The van der Waals surface area contributed by atoms with Crippen molar-refractivity contribution in [3.63, 3.8) is 0 Å². The van der Waals surface area contributed by atoms with Crippen molar-refractivity contribution in [3.05, 3.63) is 12.2 Å². The number of hydrogen-bond acceptors (Lipinski definition) is 2. The van der Waals surface area contributed by atoms with Crippen molar-refractivity contribution in [3.8, 4) is 0 Å². The first-order valence-corrected chi connectivity index (χ1v) is 6.34. The van der Waals surface area contributed by atoms with Crippen LogP contribution < -0.4 is 11.1 Å². The summed E-state index contributed by atoms with van der Waals surface area (Å²) in [6, 6.07) is 0.355. The van der Waals surface area contributed by atoms with Gasteiger partial charge in [0, 0.05) is 12.1 Å². The second-order valence-electron chi connectivity index (χ2n) is 5.37. The van der Waals surface area contributed by atoms with Gasteiger partial charge in [0.25, 0.3) is 0 Å². The Bertz CT molecular complexity index is 300. The number of hydrogen-bond donors (Lipinski definition) is 2. The summed E-state index contributed by atoms with van der Waals surface area (Å²) in [6.07, 6.45) is 10.4. The lowest BCUT2D eigenvalue weighted by Gasteiger charge is -2.30. The zero-order valence-corrected chi connectivity index (χ0v) is 10.0. The molecule has 0 aliphatic heterocycles. The Hall–Kier alpha value is -0.830. The summed E-state index contributed by atoms with van der Waals surface area (Å²) in [4.78, 5) is 12.2. The highest BCUT2D eigenvalue weighted by atomic mass is 16.2. The number of nitrogens with one attached hydrogen (secondary N) is 1. The van der Waals surface area contributed by atoms with Crippen LogP contribution in [-0.4, -0.2) is 18.0 Å². The minimum absolute atomic E-state index is 0.0339. The topological polar surface area (TPSA) is 55.1 Å². The molecular weight excluding hydrogens is 200 g/mol. The van der Waals surface area contributed by atoms with Crippen molar-refractivity contribution < 1.29 is 4.79 Å². The molecule has 0 spiro atoms. The summed E-state index contributed by atoms with van der Waals surface area (Å²) in [5, 5.41) is 3.16. The first-order chi connectivity index (χ1) is 7.63. The van der Waals surface area contributed by atoms with Gasteiger partial charge < -0.3 is 11.1 Å². The third-order valence-electron chi connectivity index (χ3n) is 4.15. The molecule has 2 aliphatic carbocycles. The van der Waals surface area contributed by atoms with Crippen LogP contribution in [0.25, 0.3) is 0 Å². The fourth-order valence-corrected chi connectivity index (χ4v) is 2.75. The molecule has 2 aliphatic rings. The van der Waals surface area contributed by atoms with Gasteiger partial charge in [-0.15, -0.1) is 0 Å². The van der Waals surface area contributed by atoms with Crippen LogP contribution in [0.3, 0.4) is 0 Å². The Morgan fingerprint density at radius 3 is 2.81 bits per heavy atom. The molecule has 90 valence electrons. The standard InChI is InChI=1S/C13H22N2O/c1-13(9-5-8-11(13)14)12(16)15-10-6-3-2-4-7-10/h2-3,10-11H,4-9,14H2,1H3,(H,15,16). The van der Waals surface area contributed by atoms with E-state index < -0.39 is 0 Å². The summed E-state index contributed by atoms with van der Waals surface area (Å²) >= 11 is 0. The molecule has 0 radical (unpaired) electrons. The minimum atomic E-state index is -0.332. The van der Waals surface area contributed by atoms with E-state index in [2.05, 4.69) is 17.5 Å². The second-order valence-corrected chi connectivity index (χ2v) is 5.37. The molecular formula is C13H22N2O. The molecule has 1 amide bonds. The number of nitrogens with two attached hydrogens (primary N) is 1. The Balaban J connectivity index is 1.94. The van der Waals surface area contributed by atoms with Crippen molar-refractivity contribution >= 4 is 5.91 Å². The van der Waals surface area contributed by atoms with Crippen LogP contribution in [0.4, 0.5) is 0 Å². The van der Waals surface area contributed by atoms with Gasteiger partial charge >= 0.3 is 0 Å². The van der Waals surface area contributed by atoms with E-state index in [0.29, 0.717) is 6.04 Å². The average Bonchev–Trinajstić information content (AvgIpc) is 2.62. The Morgan fingerprint density at radius 2 is 2.25 bits per heavy atom. The van der Waals surface area contributed by atoms with Crippen molar-refractivity contribution in [2.24, 2.45) is 11.1 Å². The van der Waals surface area contributed by atoms with Crippen molar-refractivity contribution in [2.75, 3.05) is 0 Å². The molecule has 0 heterocycles. The number of carbonyl (C=O) groups excluding carboxylic acids is 1. The lowest BCUT2D eigenvalue weighted by Crippen LogP contribution is -2.50. The van der Waals surface area contributed by atoms with Crippen LogP contribution in [0.15, 0.2) is 12.2 Å². The van der Waals surface area contributed by atoms with Crippen molar-refractivity contribution in [2.45, 2.75) is 57.5 Å². The molecule has 0 bridgehead atoms. The van der Waals surface area contributed by atoms with E-state index in [-0.39, 0.29) is 17.4 Å². The first kappa shape index (κ1) is 11.6. The third-order valence-corrected chi connectivity index (χ3v) is 4.15. The molecule has 1 saturated carbocycles. The number of rotatable bonds is 2. The van der Waals surface area contributed by atoms with E-state index in [4.69, 9.17) is 5.73 Å². The first-order valence-electron chi connectivity index (χ1n) is 6.34. The molecule has 0 saturated heterocycles. The predicted octanol–water partition coefficient (Wildman–Crippen LogP) is 1.73. The van der Waals surface area contributed by atoms with E-state index >= 15 is 0 Å². The van der Waals surface area contributed by atoms with Gasteiger partial charge in [-0.2, -0.15) is 0 Å². The molecule has 3 N–H and O–H groups in total. The molecule has 16 heavy (non-hydrogen) atoms. The van der Waals surface area contributed by atoms with Crippen LogP contribution in [0, 0.1) is 5.41 Å². The molecule has 3 atom stereocenters. The molecule has 0 aromatic rings. The molecule has 3 heteroatoms. The zero-order valence-electron chi connectivity index (χ0n) is 10.0. The molecule has 0 aromatic heterocycles. The lowest BCUT2D eigenvalue weighted by atomic mass is 9.83. The highest BCUT2D eigenvalue weighted by Crippen LogP contribution is 2.37. The van der Waals surface area contributed by atoms with Gasteiger partial charge in [-0.1, -0.05) is 18.6 Å². The highest BCUT2D eigenvalue weighted by Gasteiger charge is 2.43. The van der Waals surface area contributed by atoms with Gasteiger partial charge in [-0.3, -0.25) is 4.79 Å². The fraction of sp³-hybridized carbons (Fsp3) is 0.769. The minimum Gasteiger partial charge on any atom is -0.353 e. The van der Waals surface area contributed by atoms with Crippen LogP contribution in [0.5, 0.6) is 0 Å². The molecule has 1 fully saturated rings. The monoisotopic (exact) mass is 222 g/mol. The largest absolute Gasteiger partial charge is 0.353 e. The average molecular weight is 222 g/mol. The molecule has 0 aromatic carbocycles. The third kappa shape index (κ3) is 2.14. The zero-order chi connectivity index (χ0) is 11.6. The fourth-order valence-electron chi connectivity index (χ4n) is 2.75. The van der Waals surface area contributed by atoms with Crippen LogP contribution in [0.1, 0.15) is 45.4 Å². The quantitative estimate of drug-likeness (QED) is 0.699. The Kier molecular flexibility index (Phi) is 3.33. The summed E-state index contributed by atoms with van der Waals surface area (Å²) in [7, 11) is 0. The van der Waals surface area contributed by atoms with E-state index in [1.165, 1.54) is 0 Å². The van der Waals surface area contributed by atoms with Crippen LogP contribution in [-0.2, 0) is 4.79 Å². The molecule has 3 nitrogen and oxygen atoms in total. The van der Waals surface area contributed by atoms with E-state index in [1.807, 2.05) is 6.92 Å². The highest BCUT2D eigenvalue weighted by molar-refractivity contribution is 5.83. The summed E-state index contributed by atoms with van der Waals surface area (Å²) in [6.45, 7) is 2.01. The smallest absolute Gasteiger partial charge is 0.227 e. The number of allylic oxidation sites excluding steroid dienone is 1. The Labute approximate surface area is 97.5 Å². The normalized spacial score (nSPS) is 38.6. The van der Waals surface area contributed by atoms with Gasteiger partial charge in [-0.05, 0) is 39.0 Å². The van der Waals surface area contributed by atoms with E-state index in [1.54, 1.807) is 0 Å². The Morgan fingerprint density at radius 1 is 1.44 bits per heavy atom. The van der Waals surface area contributed by atoms with Gasteiger partial charge in [0.2, 0.25) is 5.91 Å². The second kappa shape index (κ2) is 4.58. The molecule has 2 rings (SSSR count). The maximum absolute atomic E-state index is 12.2. The van der Waals surface area contributed by atoms with Gasteiger partial charge in [0.1, 0.15) is 0 Å². The van der Waals surface area contributed by atoms with Crippen LogP contribution >= 0.6 is 0 Å². The summed E-state index contributed by atoms with van der Waals surface area (Å²) in [5.41, 5.74) is 5.71.